The van der Waals surface area contributed by atoms with Crippen LogP contribution in [0.4, 0.5) is 5.82 Å². The Balaban J connectivity index is 0.000000806. The predicted octanol–water partition coefficient (Wildman–Crippen LogP) is 4.17. The van der Waals surface area contributed by atoms with Gasteiger partial charge in [-0.05, 0) is 36.5 Å². The molecular formula is C24H24Cl2N8O. The molecule has 180 valence electrons. The maximum absolute atomic E-state index is 9.62. The predicted molar refractivity (Wildman–Crippen MR) is 135 cm³/mol. The van der Waals surface area contributed by atoms with Crippen molar-refractivity contribution in [2.75, 3.05) is 31.1 Å². The summed E-state index contributed by atoms with van der Waals surface area (Å²) in [6.45, 7) is 4.41. The fraction of sp³-hybridized carbons (Fsp3) is 0.333. The second-order valence-electron chi connectivity index (χ2n) is 9.06. The Morgan fingerprint density at radius 3 is 2.37 bits per heavy atom. The van der Waals surface area contributed by atoms with E-state index in [1.54, 1.807) is 15.4 Å². The van der Waals surface area contributed by atoms with E-state index in [9.17, 15) is 5.26 Å². The maximum Gasteiger partial charge on any atom is 0.128 e. The summed E-state index contributed by atoms with van der Waals surface area (Å²) < 4.78 is 6.75. The van der Waals surface area contributed by atoms with Crippen molar-refractivity contribution in [3.8, 4) is 28.3 Å². The largest absolute Gasteiger partial charge is 0.357 e. The number of rotatable bonds is 3. The van der Waals surface area contributed by atoms with E-state index in [-0.39, 0.29) is 0 Å². The average molecular weight is 511 g/mol. The van der Waals surface area contributed by atoms with Gasteiger partial charge in [0.1, 0.15) is 11.9 Å². The topological polar surface area (TPSA) is 96.3 Å². The van der Waals surface area contributed by atoms with E-state index in [0.717, 1.165) is 59.8 Å². The number of nitrogens with zero attached hydrogens (tertiary/aromatic N) is 7. The van der Waals surface area contributed by atoms with Crippen LogP contribution >= 0.6 is 23.7 Å². The minimum absolute atomic E-state index is 0.518. The van der Waals surface area contributed by atoms with Crippen LogP contribution in [0.1, 0.15) is 18.4 Å². The molecule has 0 saturated carbocycles. The van der Waals surface area contributed by atoms with E-state index in [2.05, 4.69) is 72.3 Å². The molecule has 1 spiro atoms. The number of halogens is 2. The molecule has 1 N–H and O–H groups in total. The summed E-state index contributed by atoms with van der Waals surface area (Å²) in [5.41, 5.74) is 5.78. The minimum Gasteiger partial charge on any atom is -0.357 e. The molecule has 35 heavy (non-hydrogen) atoms. The number of nitrogens with one attached hydrogen (secondary N) is 1. The van der Waals surface area contributed by atoms with Gasteiger partial charge in [0.25, 0.3) is 0 Å². The van der Waals surface area contributed by atoms with Crippen molar-refractivity contribution in [3.05, 3.63) is 54.7 Å². The van der Waals surface area contributed by atoms with Crippen LogP contribution in [0.2, 0.25) is 0 Å². The molecule has 11 heteroatoms. The smallest absolute Gasteiger partial charge is 0.128 e. The molecule has 0 bridgehead atoms. The molecule has 2 saturated heterocycles. The lowest BCUT2D eigenvalue weighted by Gasteiger charge is -2.48. The average Bonchev–Trinajstić information content (AvgIpc) is 3.49. The van der Waals surface area contributed by atoms with E-state index in [1.165, 1.54) is 12.8 Å². The summed E-state index contributed by atoms with van der Waals surface area (Å²) in [7, 11) is 1.90. The first-order valence-corrected chi connectivity index (χ1v) is 11.9. The highest BCUT2D eigenvalue weighted by Gasteiger charge is 2.39. The zero-order valence-electron chi connectivity index (χ0n) is 19.2. The van der Waals surface area contributed by atoms with Gasteiger partial charge in [-0.25, -0.2) is 9.50 Å². The molecule has 0 radical (unpaired) electrons. The normalized spacial score (nSPS) is 16.5. The highest BCUT2D eigenvalue weighted by Crippen LogP contribution is 2.37. The van der Waals surface area contributed by atoms with Crippen LogP contribution in [-0.2, 0) is 10.9 Å². The van der Waals surface area contributed by atoms with Crippen LogP contribution in [0.5, 0.6) is 0 Å². The van der Waals surface area contributed by atoms with E-state index >= 15 is 0 Å². The van der Waals surface area contributed by atoms with Crippen molar-refractivity contribution >= 4 is 35.1 Å². The quantitative estimate of drug-likeness (QED) is 0.441. The number of aryl methyl sites for hydroxylation is 1. The molecule has 2 aliphatic heterocycles. The van der Waals surface area contributed by atoms with Crippen molar-refractivity contribution in [3.63, 3.8) is 0 Å². The molecule has 2 aliphatic rings. The van der Waals surface area contributed by atoms with Gasteiger partial charge in [-0.1, -0.05) is 0 Å². The maximum atomic E-state index is 9.62. The number of hydrogen-bond donors (Lipinski definition) is 1. The third kappa shape index (κ3) is 4.58. The molecule has 6 rings (SSSR count). The van der Waals surface area contributed by atoms with E-state index < -0.39 is 0 Å². The van der Waals surface area contributed by atoms with Gasteiger partial charge in [0.05, 0.1) is 47.2 Å². The van der Waals surface area contributed by atoms with Crippen molar-refractivity contribution in [2.24, 2.45) is 12.5 Å². The van der Waals surface area contributed by atoms with E-state index in [1.807, 2.05) is 31.8 Å². The molecule has 0 amide bonds. The first kappa shape index (κ1) is 23.6. The van der Waals surface area contributed by atoms with Gasteiger partial charge in [0.15, 0.2) is 0 Å². The molecule has 4 aromatic rings. The van der Waals surface area contributed by atoms with Crippen LogP contribution < -0.4 is 10.2 Å². The molecule has 9 nitrogen and oxygen atoms in total. The van der Waals surface area contributed by atoms with Crippen LogP contribution in [0.3, 0.4) is 0 Å². The number of fused-ring (bicyclic) bond motifs is 1. The number of anilines is 1. The van der Waals surface area contributed by atoms with Crippen molar-refractivity contribution < 1.29 is 3.84 Å². The highest BCUT2D eigenvalue weighted by atomic mass is 35.6. The molecule has 6 heterocycles. The third-order valence-electron chi connectivity index (χ3n) is 6.98. The van der Waals surface area contributed by atoms with Crippen LogP contribution in [-0.4, -0.2) is 50.6 Å². The molecular weight excluding hydrogens is 487 g/mol. The number of piperidine rings is 1. The molecule has 0 aliphatic carbocycles. The molecule has 4 aromatic heterocycles. The van der Waals surface area contributed by atoms with Gasteiger partial charge in [0, 0.05) is 74.1 Å². The van der Waals surface area contributed by atoms with E-state index in [4.69, 9.17) is 4.98 Å². The van der Waals surface area contributed by atoms with Crippen LogP contribution in [0.25, 0.3) is 27.8 Å². The van der Waals surface area contributed by atoms with Crippen LogP contribution in [0, 0.1) is 16.7 Å². The van der Waals surface area contributed by atoms with Gasteiger partial charge in [-0.3, -0.25) is 4.68 Å². The summed E-state index contributed by atoms with van der Waals surface area (Å²) >= 11 is 8.53. The Morgan fingerprint density at radius 2 is 1.80 bits per heavy atom. The Bertz CT molecular complexity index is 1360. The Labute approximate surface area is 213 Å². The molecule has 0 unspecified atom stereocenters. The summed E-state index contributed by atoms with van der Waals surface area (Å²) in [6.07, 6.45) is 11.7. The lowest BCUT2D eigenvalue weighted by Crippen LogP contribution is -2.58. The Kier molecular flexibility index (Phi) is 6.62. The third-order valence-corrected chi connectivity index (χ3v) is 6.98. The Hall–Kier alpha value is -3.16. The summed E-state index contributed by atoms with van der Waals surface area (Å²) in [5, 5.41) is 21.8. The van der Waals surface area contributed by atoms with Crippen molar-refractivity contribution in [1.82, 2.24) is 29.7 Å². The summed E-state index contributed by atoms with van der Waals surface area (Å²) in [6, 6.07) is 8.57. The number of hydrogen-bond acceptors (Lipinski definition) is 7. The fourth-order valence-electron chi connectivity index (χ4n) is 4.93. The molecule has 0 atom stereocenters. The lowest BCUT2D eigenvalue weighted by molar-refractivity contribution is 0.126. The second-order valence-corrected chi connectivity index (χ2v) is 9.53. The monoisotopic (exact) mass is 510 g/mol. The number of pyridine rings is 2. The second kappa shape index (κ2) is 9.84. The number of nitriles is 1. The molecule has 0 aromatic carbocycles. The van der Waals surface area contributed by atoms with E-state index in [0.29, 0.717) is 11.0 Å². The van der Waals surface area contributed by atoms with Gasteiger partial charge >= 0.3 is 0 Å². The summed E-state index contributed by atoms with van der Waals surface area (Å²) in [4.78, 5) is 7.19. The minimum atomic E-state index is 0.518. The first-order valence-electron chi connectivity index (χ1n) is 11.3. The zero-order chi connectivity index (χ0) is 24.4. The Morgan fingerprint density at radius 1 is 1.03 bits per heavy atom. The van der Waals surface area contributed by atoms with Crippen LogP contribution in [0.15, 0.2) is 49.2 Å². The standard InChI is InChI=1S/C24H24N8.Cl2O/c1-30-13-20(12-28-30)18-8-21(23-19(9-25)11-29-32(23)14-18)17-2-3-22(27-10-17)31-6-4-24(5-7-31)15-26-16-24;1-3-2/h2-3,8,10-14,26H,4-7,15-16H2,1H3;. The van der Waals surface area contributed by atoms with Crippen molar-refractivity contribution in [2.45, 2.75) is 12.8 Å². The first-order chi connectivity index (χ1) is 17.1. The highest BCUT2D eigenvalue weighted by molar-refractivity contribution is 6.24. The summed E-state index contributed by atoms with van der Waals surface area (Å²) in [5.74, 6) is 1.02. The molecule has 2 fully saturated rings. The number of aromatic nitrogens is 5. The van der Waals surface area contributed by atoms with Gasteiger partial charge in [-0.15, -0.1) is 0 Å². The van der Waals surface area contributed by atoms with Gasteiger partial charge in [0.2, 0.25) is 0 Å². The van der Waals surface area contributed by atoms with Crippen molar-refractivity contribution in [1.29, 1.82) is 5.26 Å². The lowest BCUT2D eigenvalue weighted by atomic mass is 9.73. The fourth-order valence-corrected chi connectivity index (χ4v) is 4.93. The zero-order valence-corrected chi connectivity index (χ0v) is 20.7. The van der Waals surface area contributed by atoms with Gasteiger partial charge < -0.3 is 10.2 Å². The van der Waals surface area contributed by atoms with Gasteiger partial charge in [-0.2, -0.15) is 19.3 Å². The SMILES string of the molecule is ClOCl.Cn1cc(-c2cc(-c3ccc(N4CCC5(CC4)CNC5)nc3)c3c(C#N)cnn3c2)cn1.